The Kier molecular flexibility index (Phi) is 2.38. The van der Waals surface area contributed by atoms with Gasteiger partial charge in [-0.1, -0.05) is 18.2 Å². The number of hydrogen-bond acceptors (Lipinski definition) is 2. The van der Waals surface area contributed by atoms with Crippen molar-refractivity contribution in [2.24, 2.45) is 7.05 Å². The number of hydrogen-bond donors (Lipinski definition) is 2. The van der Waals surface area contributed by atoms with E-state index in [0.29, 0.717) is 5.69 Å². The highest BCUT2D eigenvalue weighted by atomic mass is 35.5. The summed E-state index contributed by atoms with van der Waals surface area (Å²) < 4.78 is 1.67. The second-order valence-electron chi connectivity index (χ2n) is 2.81. The zero-order chi connectivity index (χ0) is 8.72. The van der Waals surface area contributed by atoms with Gasteiger partial charge in [0.05, 0.1) is 5.52 Å². The Hall–Kier alpha value is -1.35. The maximum absolute atomic E-state index is 9.47. The van der Waals surface area contributed by atoms with Gasteiger partial charge in [0, 0.05) is 12.4 Å². The lowest BCUT2D eigenvalue weighted by molar-refractivity contribution is 0.438. The molecule has 0 bridgehead atoms. The van der Waals surface area contributed by atoms with E-state index in [9.17, 15) is 5.11 Å². The third-order valence-corrected chi connectivity index (χ3v) is 2.11. The van der Waals surface area contributed by atoms with E-state index in [1.165, 1.54) is 0 Å². The van der Waals surface area contributed by atoms with Crippen molar-refractivity contribution in [1.29, 1.82) is 0 Å². The third kappa shape index (κ3) is 1.21. The van der Waals surface area contributed by atoms with Gasteiger partial charge in [0.2, 0.25) is 5.88 Å². The van der Waals surface area contributed by atoms with Crippen LogP contribution in [-0.2, 0) is 7.05 Å². The van der Waals surface area contributed by atoms with Crippen molar-refractivity contribution < 1.29 is 5.11 Å². The molecule has 1 heterocycles. The van der Waals surface area contributed by atoms with Crippen molar-refractivity contribution >= 4 is 29.0 Å². The van der Waals surface area contributed by atoms with Crippen molar-refractivity contribution in [2.75, 3.05) is 5.73 Å². The first-order valence-corrected chi connectivity index (χ1v) is 3.73. The van der Waals surface area contributed by atoms with E-state index in [0.717, 1.165) is 10.9 Å². The monoisotopic (exact) mass is 198 g/mol. The normalized spacial score (nSPS) is 9.92. The number of anilines is 1. The molecule has 0 saturated carbocycles. The topological polar surface area (TPSA) is 51.2 Å². The number of nitrogens with zero attached hydrogens (tertiary/aromatic N) is 1. The van der Waals surface area contributed by atoms with Crippen LogP contribution in [0.25, 0.3) is 10.9 Å². The Balaban J connectivity index is 0.000000845. The van der Waals surface area contributed by atoms with E-state index in [1.54, 1.807) is 11.6 Å². The minimum absolute atomic E-state index is 0. The van der Waals surface area contributed by atoms with E-state index in [4.69, 9.17) is 5.73 Å². The summed E-state index contributed by atoms with van der Waals surface area (Å²) >= 11 is 0. The van der Waals surface area contributed by atoms with Crippen LogP contribution in [0.2, 0.25) is 0 Å². The summed E-state index contributed by atoms with van der Waals surface area (Å²) in [6.07, 6.45) is 0. The molecule has 0 aliphatic rings. The maximum Gasteiger partial charge on any atom is 0.215 e. The average molecular weight is 199 g/mol. The molecule has 0 unspecified atom stereocenters. The number of aryl methyl sites for hydroxylation is 1. The van der Waals surface area contributed by atoms with Crippen LogP contribution < -0.4 is 5.73 Å². The Labute approximate surface area is 82.2 Å². The standard InChI is InChI=1S/C9H10N2O.ClH/c1-11-7-5-3-2-4-6(7)8(10)9(11)12;/h2-5,12H,10H2,1H3;1H. The second kappa shape index (κ2) is 3.18. The molecule has 1 aromatic carbocycles. The van der Waals surface area contributed by atoms with E-state index < -0.39 is 0 Å². The fraction of sp³-hybridized carbons (Fsp3) is 0.111. The minimum atomic E-state index is 0. The summed E-state index contributed by atoms with van der Waals surface area (Å²) in [5, 5.41) is 10.4. The lowest BCUT2D eigenvalue weighted by atomic mass is 10.2. The van der Waals surface area contributed by atoms with Gasteiger partial charge in [-0.25, -0.2) is 0 Å². The fourth-order valence-corrected chi connectivity index (χ4v) is 1.41. The number of benzene rings is 1. The van der Waals surface area contributed by atoms with Gasteiger partial charge in [-0.05, 0) is 6.07 Å². The number of rotatable bonds is 0. The molecule has 0 fully saturated rings. The summed E-state index contributed by atoms with van der Waals surface area (Å²) in [4.78, 5) is 0. The van der Waals surface area contributed by atoms with E-state index in [1.807, 2.05) is 24.3 Å². The zero-order valence-electron chi connectivity index (χ0n) is 7.19. The van der Waals surface area contributed by atoms with Crippen LogP contribution in [0.3, 0.4) is 0 Å². The SMILES string of the molecule is Cl.Cn1c(O)c(N)c2ccccc21. The molecular formula is C9H11ClN2O. The smallest absolute Gasteiger partial charge is 0.215 e. The molecule has 0 atom stereocenters. The molecule has 2 aromatic rings. The molecule has 1 aromatic heterocycles. The number of halogens is 1. The first kappa shape index (κ1) is 9.74. The first-order valence-electron chi connectivity index (χ1n) is 3.73. The van der Waals surface area contributed by atoms with Gasteiger partial charge in [-0.2, -0.15) is 0 Å². The molecule has 13 heavy (non-hydrogen) atoms. The fourth-order valence-electron chi connectivity index (χ4n) is 1.41. The van der Waals surface area contributed by atoms with Crippen LogP contribution in [0.4, 0.5) is 5.69 Å². The van der Waals surface area contributed by atoms with E-state index in [2.05, 4.69) is 0 Å². The quantitative estimate of drug-likeness (QED) is 0.679. The van der Waals surface area contributed by atoms with Gasteiger partial charge in [-0.15, -0.1) is 12.4 Å². The number of nitrogens with two attached hydrogens (primary N) is 1. The van der Waals surface area contributed by atoms with Crippen molar-refractivity contribution in [3.63, 3.8) is 0 Å². The van der Waals surface area contributed by atoms with Crippen molar-refractivity contribution in [2.45, 2.75) is 0 Å². The highest BCUT2D eigenvalue weighted by Crippen LogP contribution is 2.31. The number of aromatic hydroxyl groups is 1. The first-order chi connectivity index (χ1) is 5.72. The van der Waals surface area contributed by atoms with Gasteiger partial charge in [-0.3, -0.25) is 0 Å². The number of nitrogen functional groups attached to an aromatic ring is 1. The van der Waals surface area contributed by atoms with Gasteiger partial charge < -0.3 is 15.4 Å². The molecule has 70 valence electrons. The van der Waals surface area contributed by atoms with Gasteiger partial charge in [0.1, 0.15) is 5.69 Å². The van der Waals surface area contributed by atoms with Crippen LogP contribution in [0.15, 0.2) is 24.3 Å². The lowest BCUT2D eigenvalue weighted by Crippen LogP contribution is -1.86. The molecule has 0 radical (unpaired) electrons. The van der Waals surface area contributed by atoms with Gasteiger partial charge in [0.25, 0.3) is 0 Å². The lowest BCUT2D eigenvalue weighted by Gasteiger charge is -1.94. The summed E-state index contributed by atoms with van der Waals surface area (Å²) in [5.41, 5.74) is 7.07. The molecule has 0 saturated heterocycles. The summed E-state index contributed by atoms with van der Waals surface area (Å²) in [6, 6.07) is 7.63. The van der Waals surface area contributed by atoms with Crippen LogP contribution in [0, 0.1) is 0 Å². The summed E-state index contributed by atoms with van der Waals surface area (Å²) in [7, 11) is 1.79. The predicted molar refractivity (Wildman–Crippen MR) is 56.2 cm³/mol. The molecule has 2 rings (SSSR count). The van der Waals surface area contributed by atoms with Crippen molar-refractivity contribution in [3.8, 4) is 5.88 Å². The largest absolute Gasteiger partial charge is 0.493 e. The summed E-state index contributed by atoms with van der Waals surface area (Å²) in [5.74, 6) is 0.135. The van der Waals surface area contributed by atoms with Crippen LogP contribution in [0.5, 0.6) is 5.88 Å². The number of fused-ring (bicyclic) bond motifs is 1. The Morgan fingerprint density at radius 3 is 2.54 bits per heavy atom. The Morgan fingerprint density at radius 1 is 1.31 bits per heavy atom. The Morgan fingerprint density at radius 2 is 1.92 bits per heavy atom. The molecule has 0 aliphatic heterocycles. The molecule has 0 spiro atoms. The molecule has 4 heteroatoms. The maximum atomic E-state index is 9.47. The van der Waals surface area contributed by atoms with E-state index >= 15 is 0 Å². The predicted octanol–water partition coefficient (Wildman–Crippen LogP) is 1.89. The van der Waals surface area contributed by atoms with E-state index in [-0.39, 0.29) is 18.3 Å². The minimum Gasteiger partial charge on any atom is -0.493 e. The third-order valence-electron chi connectivity index (χ3n) is 2.11. The molecule has 0 amide bonds. The van der Waals surface area contributed by atoms with Crippen molar-refractivity contribution in [3.05, 3.63) is 24.3 Å². The van der Waals surface area contributed by atoms with Crippen LogP contribution in [-0.4, -0.2) is 9.67 Å². The van der Waals surface area contributed by atoms with Gasteiger partial charge in [0.15, 0.2) is 0 Å². The zero-order valence-corrected chi connectivity index (χ0v) is 8.01. The highest BCUT2D eigenvalue weighted by molar-refractivity contribution is 5.95. The molecule has 0 aliphatic carbocycles. The van der Waals surface area contributed by atoms with Gasteiger partial charge >= 0.3 is 0 Å². The Bertz CT molecular complexity index is 397. The summed E-state index contributed by atoms with van der Waals surface area (Å²) in [6.45, 7) is 0. The molecule has 3 N–H and O–H groups in total. The second-order valence-corrected chi connectivity index (χ2v) is 2.81. The highest BCUT2D eigenvalue weighted by Gasteiger charge is 2.09. The molecule has 3 nitrogen and oxygen atoms in total. The number of para-hydroxylation sites is 1. The average Bonchev–Trinajstić information content (AvgIpc) is 2.33. The van der Waals surface area contributed by atoms with Crippen LogP contribution in [0.1, 0.15) is 0 Å². The molecular weight excluding hydrogens is 188 g/mol. The van der Waals surface area contributed by atoms with Crippen LogP contribution >= 0.6 is 12.4 Å². The number of aromatic nitrogens is 1. The van der Waals surface area contributed by atoms with Crippen molar-refractivity contribution in [1.82, 2.24) is 4.57 Å².